The molecule has 4 atom stereocenters. The van der Waals surface area contributed by atoms with Crippen LogP contribution in [0.5, 0.6) is 11.5 Å². The van der Waals surface area contributed by atoms with Crippen molar-refractivity contribution in [1.82, 2.24) is 14.9 Å². The van der Waals surface area contributed by atoms with E-state index in [2.05, 4.69) is 15.5 Å². The second kappa shape index (κ2) is 48.1. The van der Waals surface area contributed by atoms with E-state index >= 15 is 0 Å². The van der Waals surface area contributed by atoms with Crippen molar-refractivity contribution in [3.63, 3.8) is 0 Å². The molecule has 45 heteroatoms. The van der Waals surface area contributed by atoms with Crippen LogP contribution in [0.3, 0.4) is 0 Å². The van der Waals surface area contributed by atoms with Crippen molar-refractivity contribution in [3.05, 3.63) is 197 Å². The van der Waals surface area contributed by atoms with Gasteiger partial charge in [-0.05, 0) is 130 Å². The number of carbonyl (C=O) groups excluding carboxylic acids is 6. The predicted molar refractivity (Wildman–Crippen MR) is 428 cm³/mol. The number of nitrogens with two attached hydrogens (primary N) is 1. The van der Waals surface area contributed by atoms with E-state index in [1.807, 2.05) is 0 Å². The number of anilines is 2. The molecule has 0 aromatic heterocycles. The van der Waals surface area contributed by atoms with Crippen LogP contribution in [0.1, 0.15) is 114 Å². The van der Waals surface area contributed by atoms with Gasteiger partial charge >= 0.3 is 40.0 Å². The summed E-state index contributed by atoms with van der Waals surface area (Å²) in [6, 6.07) is 33.9. The fourth-order valence-corrected chi connectivity index (χ4v) is 15.9. The Morgan fingerprint density at radius 1 is 0.508 bits per heavy atom. The Morgan fingerprint density at radius 2 is 0.908 bits per heavy atom. The highest BCUT2D eigenvalue weighted by Crippen LogP contribution is 2.50. The van der Waals surface area contributed by atoms with E-state index in [1.54, 1.807) is 48.5 Å². The summed E-state index contributed by atoms with van der Waals surface area (Å²) >= 11 is 0. The lowest BCUT2D eigenvalue weighted by Gasteiger charge is -2.25. The maximum absolute atomic E-state index is 13.2. The van der Waals surface area contributed by atoms with Gasteiger partial charge in [0, 0.05) is 71.8 Å². The van der Waals surface area contributed by atoms with Gasteiger partial charge < -0.3 is 54.2 Å². The summed E-state index contributed by atoms with van der Waals surface area (Å²) in [7, 11) is -13.1. The fourth-order valence-electron chi connectivity index (χ4n) is 11.8. The molecule has 6 aromatic carbocycles. The number of sulfone groups is 2. The number of hydrogen-bond donors (Lipinski definition) is 3. The molecule has 4 N–H and O–H groups in total. The fraction of sp³-hybridized carbons (Fsp3) is 0.440. The highest BCUT2D eigenvalue weighted by atomic mass is 32.2. The first-order chi connectivity index (χ1) is 57.3. The molecule has 652 valence electrons. The molecule has 41 nitrogen and oxygen atoms in total. The molecular weight excluding hydrogens is 1660 g/mol. The van der Waals surface area contributed by atoms with Gasteiger partial charge in [-0.1, -0.05) is 97.8 Å². The number of carbonyl (C=O) groups is 6. The summed E-state index contributed by atoms with van der Waals surface area (Å²) in [5.74, 6) is -2.09. The lowest BCUT2D eigenvalue weighted by Crippen LogP contribution is -2.39. The van der Waals surface area contributed by atoms with Crippen LogP contribution in [0.25, 0.3) is 0 Å². The Hall–Kier alpha value is -11.3. The van der Waals surface area contributed by atoms with Gasteiger partial charge in [-0.3, -0.25) is 77.8 Å². The molecule has 4 unspecified atom stereocenters. The third-order valence-corrected chi connectivity index (χ3v) is 24.3. The number of rotatable bonds is 45. The van der Waals surface area contributed by atoms with Gasteiger partial charge in [0.2, 0.25) is 0 Å². The number of phosphoric ester groups is 2. The first-order valence-corrected chi connectivity index (χ1v) is 44.1. The molecule has 3 aliphatic heterocycles. The highest BCUT2D eigenvalue weighted by Gasteiger charge is 2.38. The van der Waals surface area contributed by atoms with Crippen molar-refractivity contribution in [2.24, 2.45) is 5.73 Å². The third-order valence-electron chi connectivity index (χ3n) is 18.2. The van der Waals surface area contributed by atoms with Crippen molar-refractivity contribution in [3.8, 4) is 11.5 Å². The molecule has 0 bridgehead atoms. The molecule has 3 fully saturated rings. The number of phosphoric acid groups is 2. The predicted octanol–water partition coefficient (Wildman–Crippen LogP) is 13.3. The first kappa shape index (κ1) is 95.8. The van der Waals surface area contributed by atoms with Crippen LogP contribution in [0.2, 0.25) is 0 Å². The van der Waals surface area contributed by atoms with Crippen LogP contribution < -0.4 is 25.4 Å². The van der Waals surface area contributed by atoms with Crippen molar-refractivity contribution in [1.29, 1.82) is 0 Å². The van der Waals surface area contributed by atoms with E-state index in [1.165, 1.54) is 102 Å². The summed E-state index contributed by atoms with van der Waals surface area (Å²) in [4.78, 5) is 121. The number of nitrogens with zero attached hydrogens (tertiary/aromatic N) is 7. The van der Waals surface area contributed by atoms with E-state index in [0.29, 0.717) is 93.1 Å². The second-order valence-corrected chi connectivity index (χ2v) is 34.3. The van der Waals surface area contributed by atoms with E-state index < -0.39 is 97.3 Å². The van der Waals surface area contributed by atoms with Crippen LogP contribution in [-0.4, -0.2) is 184 Å². The molecule has 3 saturated heterocycles. The van der Waals surface area contributed by atoms with Gasteiger partial charge in [0.15, 0.2) is 19.7 Å². The number of non-ortho nitro benzene ring substituents is 2. The number of nitro groups is 4. The zero-order valence-corrected chi connectivity index (χ0v) is 69.0. The zero-order chi connectivity index (χ0) is 87.3. The van der Waals surface area contributed by atoms with E-state index in [0.717, 1.165) is 64.2 Å². The number of esters is 1. The minimum Gasteiger partial charge on any atom is -0.461 e. The van der Waals surface area contributed by atoms with E-state index in [9.17, 15) is 95.2 Å². The average molecular weight is 1760 g/mol. The zero-order valence-electron chi connectivity index (χ0n) is 65.6. The number of nitro benzene ring substituents is 4. The molecule has 6 aromatic rings. The van der Waals surface area contributed by atoms with Gasteiger partial charge in [-0.15, -0.1) is 0 Å². The lowest BCUT2D eigenvalue weighted by atomic mass is 10.1. The van der Waals surface area contributed by atoms with Crippen molar-refractivity contribution in [2.45, 2.75) is 138 Å². The number of amides is 4. The van der Waals surface area contributed by atoms with Crippen LogP contribution in [0.4, 0.5) is 48.5 Å². The van der Waals surface area contributed by atoms with Gasteiger partial charge in [0.1, 0.15) is 49.3 Å². The quantitative estimate of drug-likeness (QED) is 0.00608. The van der Waals surface area contributed by atoms with E-state index in [4.69, 9.17) is 51.8 Å². The lowest BCUT2D eigenvalue weighted by molar-refractivity contribution is -0.393. The van der Waals surface area contributed by atoms with Crippen LogP contribution >= 0.6 is 15.6 Å². The van der Waals surface area contributed by atoms with Gasteiger partial charge in [-0.2, -0.15) is 0 Å². The maximum atomic E-state index is 13.2. The molecule has 3 aliphatic rings. The molecule has 0 spiro atoms. The maximum Gasteiger partial charge on any atom is 0.534 e. The number of nitrogens with one attached hydrogen (secondary N) is 2. The topological polar surface area (TPSA) is 539 Å². The monoisotopic (exact) mass is 1760 g/mol. The molecule has 4 amide bonds. The number of hydroxylamine groups is 2. The van der Waals surface area contributed by atoms with Gasteiger partial charge in [-0.25, -0.2) is 40.3 Å². The second-order valence-electron chi connectivity index (χ2n) is 26.7. The largest absolute Gasteiger partial charge is 0.534 e. The Bertz CT molecular complexity index is 4780. The summed E-state index contributed by atoms with van der Waals surface area (Å²) < 4.78 is 129. The number of ether oxygens (including phenoxy) is 4. The SMILES string of the molecule is COP(=O)(OCC1CCCN1C(=O)OCCS(=O)(=O)c1ccccc1)Oc1ccc(COC(=O)CCCCCCCNc2ccc([N+](=O)[O-])cc2[N+](=O)[O-])cc1.COP(=O)(OCC1CCCN1C(=O)OCCS(=O)(=O)c1ccccc1)Oc1ccc(COC(=O)ON2C(=O)CCC2=O)cc1.NCCCCCCNc1ccc([N+](=O)[O-])cc1[N+](=O)[O-]. The van der Waals surface area contributed by atoms with Gasteiger partial charge in [0.25, 0.3) is 34.6 Å². The Kier molecular flexibility index (Phi) is 38.4. The van der Waals surface area contributed by atoms with Crippen LogP contribution in [-0.2, 0) is 98.3 Å². The minimum absolute atomic E-state index is 0.0177. The van der Waals surface area contributed by atoms with Crippen molar-refractivity contribution < 1.29 is 125 Å². The average Bonchev–Trinajstić information content (AvgIpc) is 1.50. The molecule has 0 saturated carbocycles. The standard InChI is InChI=1S/C36H45N4O14PS.C27H31N2O13PS.C12H18N4O4/c1-50-55(47,53-27-30-11-10-22-38(30)36(42)51-23-24-56(48,49)32-12-6-5-7-13-32)54-31-18-15-28(16-19-31)26-52-35(41)14-8-3-2-4-9-21-37-33-20-17-29(39(43)44)25-34(33)40(45)46;1-37-43(34,42-22-11-9-20(10-12-22)18-39-27(33)41-29-24(30)13-14-25(29)31)40-19-21-6-5-15-28(21)26(32)38-16-17-44(35,36)23-7-3-2-4-8-23;13-7-3-1-2-4-8-14-11-6-5-10(15(17)18)9-12(11)16(19)20/h5-7,12-13,15-20,25,30,37H,2-4,8-11,14,21-24,26-27H2,1H3;2-4,7-12,21H,5-6,13-19H2,1H3;5-6,9,14H,1-4,7-8,13H2. The third kappa shape index (κ3) is 31.4. The molecule has 120 heavy (non-hydrogen) atoms. The number of unbranched alkanes of at least 4 members (excludes halogenated alkanes) is 7. The Morgan fingerprint density at radius 3 is 1.31 bits per heavy atom. The summed E-state index contributed by atoms with van der Waals surface area (Å²) in [6.07, 6.45) is 7.46. The normalized spacial score (nSPS) is 15.4. The number of imide groups is 1. The minimum atomic E-state index is -4.12. The molecule has 3 heterocycles. The smallest absolute Gasteiger partial charge is 0.461 e. The molecular formula is C75H94N10O31P2S2. The number of likely N-dealkylation sites (tertiary alicyclic amines) is 2. The summed E-state index contributed by atoms with van der Waals surface area (Å²) in [5.41, 5.74) is 5.78. The Balaban J connectivity index is 0.000000274. The summed E-state index contributed by atoms with van der Waals surface area (Å²) in [6.45, 7) is 1.14. The molecule has 0 aliphatic carbocycles. The first-order valence-electron chi connectivity index (χ1n) is 37.9. The number of benzene rings is 6. The van der Waals surface area contributed by atoms with E-state index in [-0.39, 0.29) is 126 Å². The van der Waals surface area contributed by atoms with Crippen LogP contribution in [0, 0.1) is 40.5 Å². The highest BCUT2D eigenvalue weighted by molar-refractivity contribution is 7.91. The van der Waals surface area contributed by atoms with Crippen LogP contribution in [0.15, 0.2) is 155 Å². The van der Waals surface area contributed by atoms with Crippen molar-refractivity contribution >= 4 is 106 Å². The Labute approximate surface area is 690 Å². The molecule has 0 radical (unpaired) electrons. The van der Waals surface area contributed by atoms with Crippen molar-refractivity contribution in [2.75, 3.05) is 95.5 Å². The van der Waals surface area contributed by atoms with Gasteiger partial charge in [0.05, 0.1) is 78.4 Å². The summed E-state index contributed by atoms with van der Waals surface area (Å²) in [5, 5.41) is 49.9. The molecule has 9 rings (SSSR count). The number of hydrogen-bond acceptors (Lipinski definition) is 34.